The molecule has 0 spiro atoms. The van der Waals surface area contributed by atoms with Crippen molar-refractivity contribution in [2.45, 2.75) is 20.5 Å². The largest absolute Gasteiger partial charge is 0.490 e. The smallest absolute Gasteiger partial charge is 0.274 e. The maximum atomic E-state index is 11.5. The van der Waals surface area contributed by atoms with Gasteiger partial charge in [-0.3, -0.25) is 9.78 Å². The third kappa shape index (κ3) is 5.71. The molecule has 0 aliphatic heterocycles. The number of nitrogens with zero attached hydrogens (tertiary/aromatic N) is 3. The molecule has 0 saturated heterocycles. The van der Waals surface area contributed by atoms with Crippen LogP contribution in [0.5, 0.6) is 11.5 Å². The molecule has 0 saturated carbocycles. The van der Waals surface area contributed by atoms with E-state index in [4.69, 9.17) is 32.7 Å². The van der Waals surface area contributed by atoms with Crippen LogP contribution in [0.15, 0.2) is 46.3 Å². The molecule has 10 heteroatoms. The summed E-state index contributed by atoms with van der Waals surface area (Å²) in [7, 11) is 0. The van der Waals surface area contributed by atoms with Crippen molar-refractivity contribution in [3.05, 3.63) is 73.6 Å². The number of aromatic nitrogens is 3. The van der Waals surface area contributed by atoms with Gasteiger partial charge in [-0.2, -0.15) is 5.10 Å². The van der Waals surface area contributed by atoms with Crippen LogP contribution in [0, 0.1) is 6.92 Å². The Labute approximate surface area is 182 Å². The molecule has 0 bridgehead atoms. The fourth-order valence-electron chi connectivity index (χ4n) is 2.39. The summed E-state index contributed by atoms with van der Waals surface area (Å²) in [5.74, 6) is 1.31. The minimum atomic E-state index is -0.329. The standard InChI is InChI=1S/C20H19Cl2N5O3/c1-3-29-18-9-13(10-23-26-20-24-19(28)12(2)25-27-20)5-7-17(18)30-11-14-4-6-15(21)16(22)8-14/h4-10H,3,11H2,1-2H3,(H2,24,26,27,28)/b23-10+. The summed E-state index contributed by atoms with van der Waals surface area (Å²) in [5.41, 5.74) is 4.22. The second kappa shape index (κ2) is 10.1. The van der Waals surface area contributed by atoms with Gasteiger partial charge in [-0.05, 0) is 55.3 Å². The Morgan fingerprint density at radius 2 is 1.93 bits per heavy atom. The second-order valence-electron chi connectivity index (χ2n) is 6.13. The molecule has 156 valence electrons. The normalized spacial score (nSPS) is 10.9. The van der Waals surface area contributed by atoms with Crippen LogP contribution in [0.3, 0.4) is 0 Å². The number of rotatable bonds is 8. The first kappa shape index (κ1) is 21.6. The summed E-state index contributed by atoms with van der Waals surface area (Å²) in [5, 5.41) is 12.6. The molecule has 2 aromatic carbocycles. The molecule has 0 amide bonds. The van der Waals surface area contributed by atoms with E-state index in [9.17, 15) is 4.79 Å². The third-order valence-electron chi connectivity index (χ3n) is 3.89. The molecule has 0 aliphatic rings. The van der Waals surface area contributed by atoms with Crippen molar-refractivity contribution in [2.75, 3.05) is 12.0 Å². The predicted octanol–water partition coefficient (Wildman–Crippen LogP) is 4.20. The lowest BCUT2D eigenvalue weighted by molar-refractivity contribution is 0.269. The van der Waals surface area contributed by atoms with Gasteiger partial charge in [0.05, 0.1) is 22.9 Å². The van der Waals surface area contributed by atoms with Crippen LogP contribution >= 0.6 is 23.2 Å². The molecule has 30 heavy (non-hydrogen) atoms. The van der Waals surface area contributed by atoms with E-state index in [1.165, 1.54) is 0 Å². The first-order chi connectivity index (χ1) is 14.5. The number of H-pyrrole nitrogens is 1. The molecular formula is C20H19Cl2N5O3. The van der Waals surface area contributed by atoms with E-state index in [-0.39, 0.29) is 17.2 Å². The molecule has 1 heterocycles. The zero-order valence-corrected chi connectivity index (χ0v) is 17.8. The predicted molar refractivity (Wildman–Crippen MR) is 117 cm³/mol. The van der Waals surface area contributed by atoms with Gasteiger partial charge in [0.2, 0.25) is 5.95 Å². The van der Waals surface area contributed by atoms with Crippen LogP contribution in [0.2, 0.25) is 10.0 Å². The van der Waals surface area contributed by atoms with Gasteiger partial charge in [-0.25, -0.2) is 5.43 Å². The lowest BCUT2D eigenvalue weighted by Gasteiger charge is -2.13. The van der Waals surface area contributed by atoms with Crippen LogP contribution in [0.4, 0.5) is 5.95 Å². The molecule has 8 nitrogen and oxygen atoms in total. The van der Waals surface area contributed by atoms with E-state index in [2.05, 4.69) is 25.7 Å². The number of aromatic amines is 1. The van der Waals surface area contributed by atoms with E-state index in [0.29, 0.717) is 34.8 Å². The Morgan fingerprint density at radius 1 is 1.10 bits per heavy atom. The van der Waals surface area contributed by atoms with Crippen LogP contribution in [-0.4, -0.2) is 28.0 Å². The number of halogens is 2. The number of aryl methyl sites for hydroxylation is 1. The van der Waals surface area contributed by atoms with Gasteiger partial charge in [0.25, 0.3) is 5.56 Å². The van der Waals surface area contributed by atoms with Crippen molar-refractivity contribution < 1.29 is 9.47 Å². The first-order valence-electron chi connectivity index (χ1n) is 9.02. The fraction of sp³-hybridized carbons (Fsp3) is 0.200. The van der Waals surface area contributed by atoms with Crippen LogP contribution in [-0.2, 0) is 6.61 Å². The van der Waals surface area contributed by atoms with E-state index >= 15 is 0 Å². The van der Waals surface area contributed by atoms with Gasteiger partial charge < -0.3 is 9.47 Å². The van der Waals surface area contributed by atoms with Gasteiger partial charge in [0.1, 0.15) is 12.3 Å². The highest BCUT2D eigenvalue weighted by molar-refractivity contribution is 6.42. The topological polar surface area (TPSA) is 101 Å². The van der Waals surface area contributed by atoms with Crippen LogP contribution in [0.25, 0.3) is 0 Å². The third-order valence-corrected chi connectivity index (χ3v) is 4.63. The number of ether oxygens (including phenoxy) is 2. The molecule has 1 aromatic heterocycles. The maximum absolute atomic E-state index is 11.5. The maximum Gasteiger partial charge on any atom is 0.274 e. The van der Waals surface area contributed by atoms with E-state index < -0.39 is 0 Å². The zero-order valence-electron chi connectivity index (χ0n) is 16.3. The quantitative estimate of drug-likeness (QED) is 0.396. The Morgan fingerprint density at radius 3 is 2.67 bits per heavy atom. The van der Waals surface area contributed by atoms with Gasteiger partial charge >= 0.3 is 0 Å². The Kier molecular flexibility index (Phi) is 7.26. The number of benzene rings is 2. The van der Waals surface area contributed by atoms with Gasteiger partial charge in [0, 0.05) is 0 Å². The summed E-state index contributed by atoms with van der Waals surface area (Å²) < 4.78 is 11.6. The van der Waals surface area contributed by atoms with Crippen LogP contribution < -0.4 is 20.5 Å². The summed E-state index contributed by atoms with van der Waals surface area (Å²) in [6.07, 6.45) is 1.56. The molecule has 0 unspecified atom stereocenters. The molecular weight excluding hydrogens is 429 g/mol. The number of hydrazone groups is 1. The van der Waals surface area contributed by atoms with Crippen molar-refractivity contribution in [3.63, 3.8) is 0 Å². The highest BCUT2D eigenvalue weighted by Gasteiger charge is 2.08. The van der Waals surface area contributed by atoms with E-state index in [0.717, 1.165) is 11.1 Å². The van der Waals surface area contributed by atoms with Crippen molar-refractivity contribution in [3.8, 4) is 11.5 Å². The highest BCUT2D eigenvalue weighted by atomic mass is 35.5. The molecule has 3 aromatic rings. The number of anilines is 1. The monoisotopic (exact) mass is 447 g/mol. The summed E-state index contributed by atoms with van der Waals surface area (Å²) in [6, 6.07) is 10.7. The lowest BCUT2D eigenvalue weighted by atomic mass is 10.2. The average molecular weight is 448 g/mol. The molecule has 2 N–H and O–H groups in total. The van der Waals surface area contributed by atoms with Crippen molar-refractivity contribution in [1.82, 2.24) is 15.2 Å². The van der Waals surface area contributed by atoms with Gasteiger partial charge in [-0.15, -0.1) is 10.2 Å². The van der Waals surface area contributed by atoms with E-state index in [1.54, 1.807) is 37.4 Å². The number of hydrogen-bond donors (Lipinski definition) is 2. The molecule has 0 radical (unpaired) electrons. The Balaban J connectivity index is 1.69. The van der Waals surface area contributed by atoms with Crippen LogP contribution in [0.1, 0.15) is 23.7 Å². The molecule has 0 atom stereocenters. The highest BCUT2D eigenvalue weighted by Crippen LogP contribution is 2.30. The second-order valence-corrected chi connectivity index (χ2v) is 6.95. The van der Waals surface area contributed by atoms with E-state index in [1.807, 2.05) is 19.1 Å². The minimum Gasteiger partial charge on any atom is -0.490 e. The summed E-state index contributed by atoms with van der Waals surface area (Å²) in [4.78, 5) is 14.1. The summed E-state index contributed by atoms with van der Waals surface area (Å²) in [6.45, 7) is 4.24. The molecule has 0 fully saturated rings. The summed E-state index contributed by atoms with van der Waals surface area (Å²) >= 11 is 12.0. The zero-order chi connectivity index (χ0) is 21.5. The van der Waals surface area contributed by atoms with Crippen molar-refractivity contribution in [2.24, 2.45) is 5.10 Å². The Bertz CT molecular complexity index is 1120. The number of nitrogens with one attached hydrogen (secondary N) is 2. The fourth-order valence-corrected chi connectivity index (χ4v) is 2.72. The van der Waals surface area contributed by atoms with Crippen molar-refractivity contribution >= 4 is 35.4 Å². The average Bonchev–Trinajstić information content (AvgIpc) is 2.73. The number of hydrogen-bond acceptors (Lipinski definition) is 7. The first-order valence-corrected chi connectivity index (χ1v) is 9.78. The van der Waals surface area contributed by atoms with Gasteiger partial charge in [-0.1, -0.05) is 29.3 Å². The molecule has 0 aliphatic carbocycles. The molecule has 3 rings (SSSR count). The SMILES string of the molecule is CCOc1cc(/C=N/Nc2nnc(C)c(=O)[nH]2)ccc1OCc1ccc(Cl)c(Cl)c1. The minimum absolute atomic E-state index is 0.147. The van der Waals surface area contributed by atoms with Crippen molar-refractivity contribution in [1.29, 1.82) is 0 Å². The Hall–Kier alpha value is -3.10. The van der Waals surface area contributed by atoms with Gasteiger partial charge in [0.15, 0.2) is 11.5 Å². The lowest BCUT2D eigenvalue weighted by Crippen LogP contribution is -2.15.